The quantitative estimate of drug-likeness (QED) is 0.619. The van der Waals surface area contributed by atoms with E-state index in [4.69, 9.17) is 0 Å². The van der Waals surface area contributed by atoms with E-state index in [2.05, 4.69) is 14.5 Å². The number of rotatable bonds is 4. The van der Waals surface area contributed by atoms with Gasteiger partial charge in [0, 0.05) is 23.9 Å². The minimum atomic E-state index is -0.672. The Hall–Kier alpha value is -2.76. The molecule has 108 valence electrons. The number of carbonyl (C=O) groups excluding carboxylic acids is 2. The molecule has 0 aliphatic heterocycles. The van der Waals surface area contributed by atoms with Crippen molar-refractivity contribution in [3.8, 4) is 0 Å². The highest BCUT2D eigenvalue weighted by atomic mass is 16.5. The molecule has 0 aliphatic carbocycles. The van der Waals surface area contributed by atoms with Crippen molar-refractivity contribution in [1.82, 2.24) is 4.98 Å². The third-order valence-corrected chi connectivity index (χ3v) is 2.87. The van der Waals surface area contributed by atoms with E-state index in [1.165, 1.54) is 14.2 Å². The second kappa shape index (κ2) is 6.60. The van der Waals surface area contributed by atoms with Crippen molar-refractivity contribution in [3.05, 3.63) is 59.7 Å². The number of nitrogens with zero attached hydrogens (tertiary/aromatic N) is 2. The average molecular weight is 287 g/mol. The highest BCUT2D eigenvalue weighted by Gasteiger charge is 2.21. The first-order chi connectivity index (χ1) is 10.2. The summed E-state index contributed by atoms with van der Waals surface area (Å²) in [7, 11) is 2.49. The summed E-state index contributed by atoms with van der Waals surface area (Å²) in [5.41, 5.74) is 0.823. The molecule has 2 aromatic heterocycles. The van der Waals surface area contributed by atoms with Gasteiger partial charge < -0.3 is 9.47 Å². The van der Waals surface area contributed by atoms with Crippen LogP contribution in [-0.2, 0) is 16.0 Å². The van der Waals surface area contributed by atoms with Crippen LogP contribution in [0.3, 0.4) is 0 Å². The lowest BCUT2D eigenvalue weighted by molar-refractivity contribution is -0.688. The van der Waals surface area contributed by atoms with Crippen molar-refractivity contribution in [2.75, 3.05) is 14.2 Å². The molecule has 2 rings (SSSR count). The van der Waals surface area contributed by atoms with E-state index in [-0.39, 0.29) is 11.3 Å². The van der Waals surface area contributed by atoms with Gasteiger partial charge in [0.2, 0.25) is 0 Å². The van der Waals surface area contributed by atoms with E-state index in [0.717, 1.165) is 5.56 Å². The minimum absolute atomic E-state index is 0.0499. The first kappa shape index (κ1) is 14.6. The predicted molar refractivity (Wildman–Crippen MR) is 72.7 cm³/mol. The van der Waals surface area contributed by atoms with Gasteiger partial charge in [-0.1, -0.05) is 6.07 Å². The molecule has 0 N–H and O–H groups in total. The highest BCUT2D eigenvalue weighted by molar-refractivity contribution is 6.01. The maximum atomic E-state index is 11.8. The summed E-state index contributed by atoms with van der Waals surface area (Å²) in [6.45, 7) is 0.527. The normalized spacial score (nSPS) is 10.0. The molecule has 0 radical (unpaired) electrons. The predicted octanol–water partition coefficient (Wildman–Crippen LogP) is 0.991. The first-order valence-corrected chi connectivity index (χ1v) is 6.25. The van der Waals surface area contributed by atoms with E-state index in [1.54, 1.807) is 12.3 Å². The summed E-state index contributed by atoms with van der Waals surface area (Å²) in [4.78, 5) is 27.4. The summed E-state index contributed by atoms with van der Waals surface area (Å²) in [5.74, 6) is -1.29. The van der Waals surface area contributed by atoms with Gasteiger partial charge in [-0.25, -0.2) is 19.1 Å². The van der Waals surface area contributed by atoms with Gasteiger partial charge in [0.25, 0.3) is 0 Å². The first-order valence-electron chi connectivity index (χ1n) is 6.25. The fourth-order valence-electron chi connectivity index (χ4n) is 1.87. The van der Waals surface area contributed by atoms with Crippen molar-refractivity contribution in [2.24, 2.45) is 0 Å². The van der Waals surface area contributed by atoms with Crippen LogP contribution < -0.4 is 4.57 Å². The molecule has 0 atom stereocenters. The van der Waals surface area contributed by atoms with E-state index < -0.39 is 11.9 Å². The van der Waals surface area contributed by atoms with Gasteiger partial charge in [0.1, 0.15) is 0 Å². The molecule has 0 fully saturated rings. The fourth-order valence-corrected chi connectivity index (χ4v) is 1.87. The lowest BCUT2D eigenvalue weighted by Gasteiger charge is -2.06. The standard InChI is InChI=1S/C15H15N2O4/c1-20-14(18)12-8-11(9-16-13(12)15(19)21-2)10-17-6-4-3-5-7-17/h3-9H,10H2,1-2H3/q+1. The molecule has 0 bridgehead atoms. The average Bonchev–Trinajstić information content (AvgIpc) is 2.54. The Labute approximate surface area is 122 Å². The molecule has 2 heterocycles. The maximum Gasteiger partial charge on any atom is 0.357 e. The van der Waals surface area contributed by atoms with Gasteiger partial charge in [-0.3, -0.25) is 0 Å². The van der Waals surface area contributed by atoms with Crippen LogP contribution >= 0.6 is 0 Å². The monoisotopic (exact) mass is 287 g/mol. The number of ether oxygens (including phenoxy) is 2. The van der Waals surface area contributed by atoms with Crippen LogP contribution in [0.4, 0.5) is 0 Å². The third-order valence-electron chi connectivity index (χ3n) is 2.87. The van der Waals surface area contributed by atoms with Gasteiger partial charge in [0.15, 0.2) is 24.6 Å². The van der Waals surface area contributed by atoms with Gasteiger partial charge >= 0.3 is 11.9 Å². The van der Waals surface area contributed by atoms with Crippen LogP contribution in [-0.4, -0.2) is 31.1 Å². The highest BCUT2D eigenvalue weighted by Crippen LogP contribution is 2.12. The number of carbonyl (C=O) groups is 2. The molecule has 2 aromatic rings. The van der Waals surface area contributed by atoms with Crippen LogP contribution in [0.2, 0.25) is 0 Å². The Balaban J connectivity index is 2.37. The number of aromatic nitrogens is 2. The molecular weight excluding hydrogens is 272 g/mol. The van der Waals surface area contributed by atoms with Crippen molar-refractivity contribution >= 4 is 11.9 Å². The van der Waals surface area contributed by atoms with Crippen LogP contribution in [0.1, 0.15) is 26.4 Å². The summed E-state index contributed by atoms with van der Waals surface area (Å²) in [6.07, 6.45) is 5.33. The van der Waals surface area contributed by atoms with Crippen molar-refractivity contribution in [3.63, 3.8) is 0 Å². The molecule has 0 saturated heterocycles. The van der Waals surface area contributed by atoms with Crippen LogP contribution in [0, 0.1) is 0 Å². The van der Waals surface area contributed by atoms with E-state index >= 15 is 0 Å². The Morgan fingerprint density at radius 3 is 2.38 bits per heavy atom. The lowest BCUT2D eigenvalue weighted by Crippen LogP contribution is -2.33. The van der Waals surface area contributed by atoms with Crippen molar-refractivity contribution in [1.29, 1.82) is 0 Å². The Bertz CT molecular complexity index is 656. The molecule has 0 aromatic carbocycles. The van der Waals surface area contributed by atoms with Crippen LogP contribution in [0.5, 0.6) is 0 Å². The van der Waals surface area contributed by atoms with Crippen molar-refractivity contribution < 1.29 is 23.6 Å². The molecule has 21 heavy (non-hydrogen) atoms. The lowest BCUT2D eigenvalue weighted by atomic mass is 10.1. The third kappa shape index (κ3) is 3.42. The van der Waals surface area contributed by atoms with Gasteiger partial charge in [0.05, 0.1) is 19.8 Å². The fraction of sp³-hybridized carbons (Fsp3) is 0.200. The molecule has 0 unspecified atom stereocenters. The number of hydrogen-bond donors (Lipinski definition) is 0. The Morgan fingerprint density at radius 2 is 1.76 bits per heavy atom. The molecular formula is C15H15N2O4+. The van der Waals surface area contributed by atoms with Gasteiger partial charge in [-0.15, -0.1) is 0 Å². The number of methoxy groups -OCH3 is 2. The summed E-state index contributed by atoms with van der Waals surface area (Å²) in [5, 5.41) is 0. The summed E-state index contributed by atoms with van der Waals surface area (Å²) >= 11 is 0. The van der Waals surface area contributed by atoms with E-state index in [1.807, 2.05) is 35.2 Å². The van der Waals surface area contributed by atoms with E-state index in [9.17, 15) is 9.59 Å². The number of pyridine rings is 2. The van der Waals surface area contributed by atoms with E-state index in [0.29, 0.717) is 6.54 Å². The Kier molecular flexibility index (Phi) is 4.61. The summed E-state index contributed by atoms with van der Waals surface area (Å²) < 4.78 is 11.2. The second-order valence-electron chi connectivity index (χ2n) is 4.27. The summed E-state index contributed by atoms with van der Waals surface area (Å²) in [6, 6.07) is 7.30. The maximum absolute atomic E-state index is 11.8. The molecule has 6 nitrogen and oxygen atoms in total. The second-order valence-corrected chi connectivity index (χ2v) is 4.27. The zero-order valence-corrected chi connectivity index (χ0v) is 11.8. The molecule has 0 amide bonds. The molecule has 0 aliphatic rings. The van der Waals surface area contributed by atoms with Crippen molar-refractivity contribution in [2.45, 2.75) is 6.54 Å². The van der Waals surface area contributed by atoms with Gasteiger partial charge in [-0.05, 0) is 6.07 Å². The SMILES string of the molecule is COC(=O)c1cc(C[n+]2ccccc2)cnc1C(=O)OC. The number of hydrogen-bond acceptors (Lipinski definition) is 5. The number of esters is 2. The molecule has 0 spiro atoms. The largest absolute Gasteiger partial charge is 0.465 e. The molecule has 0 saturated carbocycles. The Morgan fingerprint density at radius 1 is 1.10 bits per heavy atom. The zero-order valence-electron chi connectivity index (χ0n) is 11.8. The topological polar surface area (TPSA) is 69.4 Å². The zero-order chi connectivity index (χ0) is 15.2. The minimum Gasteiger partial charge on any atom is -0.465 e. The molecule has 6 heteroatoms. The smallest absolute Gasteiger partial charge is 0.357 e. The van der Waals surface area contributed by atoms with Crippen LogP contribution in [0.15, 0.2) is 42.9 Å². The van der Waals surface area contributed by atoms with Gasteiger partial charge in [-0.2, -0.15) is 0 Å². The van der Waals surface area contributed by atoms with Crippen LogP contribution in [0.25, 0.3) is 0 Å².